The summed E-state index contributed by atoms with van der Waals surface area (Å²) < 4.78 is 31.4. The average molecular weight is 286 g/mol. The van der Waals surface area contributed by atoms with Crippen molar-refractivity contribution in [2.75, 3.05) is 26.8 Å². The van der Waals surface area contributed by atoms with Crippen LogP contribution < -0.4 is 10.6 Å². The summed E-state index contributed by atoms with van der Waals surface area (Å²) in [5.74, 6) is -1.52. The summed E-state index contributed by atoms with van der Waals surface area (Å²) in [7, 11) is 1.58. The maximum atomic E-state index is 13.7. The molecule has 0 saturated carbocycles. The van der Waals surface area contributed by atoms with Crippen LogP contribution in [0, 0.1) is 11.6 Å². The minimum Gasteiger partial charge on any atom is -0.383 e. The molecule has 4 nitrogen and oxygen atoms in total. The van der Waals surface area contributed by atoms with Gasteiger partial charge in [-0.05, 0) is 12.5 Å². The van der Waals surface area contributed by atoms with Crippen LogP contribution in [0.5, 0.6) is 0 Å². The zero-order valence-electron chi connectivity index (χ0n) is 11.7. The number of amides is 1. The van der Waals surface area contributed by atoms with E-state index in [4.69, 9.17) is 4.74 Å². The van der Waals surface area contributed by atoms with Crippen LogP contribution >= 0.6 is 0 Å². The Kier molecular flexibility index (Phi) is 7.11. The summed E-state index contributed by atoms with van der Waals surface area (Å²) in [5.41, 5.74) is 0.291. The Morgan fingerprint density at radius 2 is 2.15 bits per heavy atom. The predicted octanol–water partition coefficient (Wildman–Crippen LogP) is 1.77. The number of carbonyl (C=O) groups excluding carboxylic acids is 1. The molecule has 0 saturated heterocycles. The fraction of sp³-hybridized carbons (Fsp3) is 0.500. The highest BCUT2D eigenvalue weighted by atomic mass is 19.1. The molecular formula is C14H20F2N2O2. The third-order valence-electron chi connectivity index (χ3n) is 2.85. The second-order valence-corrected chi connectivity index (χ2v) is 4.36. The summed E-state index contributed by atoms with van der Waals surface area (Å²) in [6.45, 7) is 3.03. The van der Waals surface area contributed by atoms with Gasteiger partial charge in [0.05, 0.1) is 19.2 Å². The number of ether oxygens (including phenoxy) is 1. The van der Waals surface area contributed by atoms with Gasteiger partial charge in [0.25, 0.3) is 0 Å². The van der Waals surface area contributed by atoms with Crippen molar-refractivity contribution in [3.63, 3.8) is 0 Å². The molecule has 1 atom stereocenters. The van der Waals surface area contributed by atoms with Crippen LogP contribution in [0.2, 0.25) is 0 Å². The third-order valence-corrected chi connectivity index (χ3v) is 2.85. The van der Waals surface area contributed by atoms with Crippen molar-refractivity contribution in [3.8, 4) is 0 Å². The maximum Gasteiger partial charge on any atom is 0.234 e. The van der Waals surface area contributed by atoms with Crippen LogP contribution in [0.3, 0.4) is 0 Å². The van der Waals surface area contributed by atoms with E-state index in [2.05, 4.69) is 10.6 Å². The van der Waals surface area contributed by atoms with Crippen LogP contribution in [0.15, 0.2) is 18.2 Å². The summed E-state index contributed by atoms with van der Waals surface area (Å²) >= 11 is 0. The first-order valence-electron chi connectivity index (χ1n) is 6.52. The summed E-state index contributed by atoms with van der Waals surface area (Å²) in [4.78, 5) is 11.7. The van der Waals surface area contributed by atoms with Crippen LogP contribution in [-0.4, -0.2) is 32.7 Å². The molecule has 2 N–H and O–H groups in total. The van der Waals surface area contributed by atoms with E-state index in [1.54, 1.807) is 7.11 Å². The molecule has 1 unspecified atom stereocenters. The van der Waals surface area contributed by atoms with Crippen molar-refractivity contribution in [2.24, 2.45) is 0 Å². The highest BCUT2D eigenvalue weighted by Gasteiger charge is 2.16. The minimum absolute atomic E-state index is 0.128. The molecule has 0 spiro atoms. The number of rotatable bonds is 8. The molecule has 1 rings (SSSR count). The standard InChI is InChI=1S/C14H20F2N2O2/c1-3-13(11-5-4-10(15)8-12(11)16)18-14(19)9-17-6-7-20-2/h4-5,8,13,17H,3,6-7,9H2,1-2H3,(H,18,19). The van der Waals surface area contributed by atoms with Crippen molar-refractivity contribution in [2.45, 2.75) is 19.4 Å². The first kappa shape index (κ1) is 16.5. The van der Waals surface area contributed by atoms with Crippen LogP contribution in [-0.2, 0) is 9.53 Å². The van der Waals surface area contributed by atoms with E-state index in [9.17, 15) is 13.6 Å². The van der Waals surface area contributed by atoms with Crippen molar-refractivity contribution >= 4 is 5.91 Å². The molecule has 1 amide bonds. The van der Waals surface area contributed by atoms with Gasteiger partial charge in [-0.2, -0.15) is 0 Å². The number of benzene rings is 1. The smallest absolute Gasteiger partial charge is 0.234 e. The molecule has 1 aromatic carbocycles. The highest BCUT2D eigenvalue weighted by molar-refractivity contribution is 5.78. The van der Waals surface area contributed by atoms with Gasteiger partial charge in [0.1, 0.15) is 11.6 Å². The highest BCUT2D eigenvalue weighted by Crippen LogP contribution is 2.20. The second-order valence-electron chi connectivity index (χ2n) is 4.36. The Labute approximate surface area is 117 Å². The lowest BCUT2D eigenvalue weighted by Gasteiger charge is -2.18. The number of hydrogen-bond acceptors (Lipinski definition) is 3. The Morgan fingerprint density at radius 1 is 1.40 bits per heavy atom. The molecule has 0 aromatic heterocycles. The van der Waals surface area contributed by atoms with Gasteiger partial charge in [0.2, 0.25) is 5.91 Å². The topological polar surface area (TPSA) is 50.4 Å². The lowest BCUT2D eigenvalue weighted by molar-refractivity contribution is -0.121. The lowest BCUT2D eigenvalue weighted by atomic mass is 10.0. The first-order valence-corrected chi connectivity index (χ1v) is 6.52. The van der Waals surface area contributed by atoms with Crippen molar-refractivity contribution in [1.82, 2.24) is 10.6 Å². The number of halogens is 2. The van der Waals surface area contributed by atoms with Crippen molar-refractivity contribution in [3.05, 3.63) is 35.4 Å². The van der Waals surface area contributed by atoms with Gasteiger partial charge in [0, 0.05) is 25.3 Å². The van der Waals surface area contributed by atoms with E-state index >= 15 is 0 Å². The van der Waals surface area contributed by atoms with E-state index < -0.39 is 17.7 Å². The number of carbonyl (C=O) groups is 1. The number of nitrogens with one attached hydrogen (secondary N) is 2. The summed E-state index contributed by atoms with van der Waals surface area (Å²) in [6.07, 6.45) is 0.520. The average Bonchev–Trinajstić information content (AvgIpc) is 2.41. The van der Waals surface area contributed by atoms with E-state index in [0.29, 0.717) is 25.1 Å². The Hall–Kier alpha value is -1.53. The van der Waals surface area contributed by atoms with E-state index in [-0.39, 0.29) is 12.5 Å². The van der Waals surface area contributed by atoms with Gasteiger partial charge in [-0.25, -0.2) is 8.78 Å². The Morgan fingerprint density at radius 3 is 2.75 bits per heavy atom. The van der Waals surface area contributed by atoms with E-state index in [0.717, 1.165) is 6.07 Å². The number of hydrogen-bond donors (Lipinski definition) is 2. The van der Waals surface area contributed by atoms with E-state index in [1.165, 1.54) is 12.1 Å². The monoisotopic (exact) mass is 286 g/mol. The molecule has 1 aromatic rings. The third kappa shape index (κ3) is 5.22. The number of methoxy groups -OCH3 is 1. The van der Waals surface area contributed by atoms with Gasteiger partial charge in [-0.3, -0.25) is 4.79 Å². The molecule has 0 aliphatic rings. The lowest BCUT2D eigenvalue weighted by Crippen LogP contribution is -2.37. The largest absolute Gasteiger partial charge is 0.383 e. The molecule has 0 aliphatic heterocycles. The fourth-order valence-electron chi connectivity index (χ4n) is 1.81. The van der Waals surface area contributed by atoms with Gasteiger partial charge in [0.15, 0.2) is 0 Å². The Balaban J connectivity index is 2.56. The van der Waals surface area contributed by atoms with E-state index in [1.807, 2.05) is 6.92 Å². The van der Waals surface area contributed by atoms with Gasteiger partial charge >= 0.3 is 0 Å². The molecule has 0 heterocycles. The molecule has 0 bridgehead atoms. The van der Waals surface area contributed by atoms with Crippen LogP contribution in [0.25, 0.3) is 0 Å². The fourth-order valence-corrected chi connectivity index (χ4v) is 1.81. The van der Waals surface area contributed by atoms with Crippen LogP contribution in [0.4, 0.5) is 8.78 Å². The summed E-state index contributed by atoms with van der Waals surface area (Å²) in [6, 6.07) is 2.90. The SMILES string of the molecule is CCC(NC(=O)CNCCOC)c1ccc(F)cc1F. The van der Waals surface area contributed by atoms with Gasteiger partial charge in [-0.15, -0.1) is 0 Å². The van der Waals surface area contributed by atoms with Gasteiger partial charge in [-0.1, -0.05) is 13.0 Å². The van der Waals surface area contributed by atoms with Gasteiger partial charge < -0.3 is 15.4 Å². The van der Waals surface area contributed by atoms with Crippen molar-refractivity contribution in [1.29, 1.82) is 0 Å². The maximum absolute atomic E-state index is 13.7. The first-order chi connectivity index (χ1) is 9.58. The molecular weight excluding hydrogens is 266 g/mol. The quantitative estimate of drug-likeness (QED) is 0.716. The van der Waals surface area contributed by atoms with Crippen molar-refractivity contribution < 1.29 is 18.3 Å². The van der Waals surface area contributed by atoms with Crippen LogP contribution in [0.1, 0.15) is 24.9 Å². The zero-order chi connectivity index (χ0) is 15.0. The Bertz CT molecular complexity index is 441. The normalized spacial score (nSPS) is 12.2. The summed E-state index contributed by atoms with van der Waals surface area (Å²) in [5, 5.41) is 5.62. The minimum atomic E-state index is -0.649. The predicted molar refractivity (Wildman–Crippen MR) is 72.3 cm³/mol. The second kappa shape index (κ2) is 8.60. The zero-order valence-corrected chi connectivity index (χ0v) is 11.7. The molecule has 112 valence electrons. The molecule has 0 fully saturated rings. The molecule has 6 heteroatoms. The molecule has 0 aliphatic carbocycles. The molecule has 20 heavy (non-hydrogen) atoms. The molecule has 0 radical (unpaired) electrons.